The van der Waals surface area contributed by atoms with Gasteiger partial charge in [0.25, 0.3) is 0 Å². The zero-order valence-corrected chi connectivity index (χ0v) is 10.2. The van der Waals surface area contributed by atoms with Crippen LogP contribution in [0.4, 0.5) is 0 Å². The molecule has 1 aliphatic rings. The first-order valence-electron chi connectivity index (χ1n) is 4.85. The summed E-state index contributed by atoms with van der Waals surface area (Å²) in [7, 11) is -3.16. The van der Waals surface area contributed by atoms with E-state index < -0.39 is 21.0 Å². The van der Waals surface area contributed by atoms with Gasteiger partial charge in [-0.3, -0.25) is 0 Å². The van der Waals surface area contributed by atoms with Crippen molar-refractivity contribution in [3.8, 4) is 0 Å². The number of hydrogen-bond acceptors (Lipinski definition) is 3. The first-order chi connectivity index (χ1) is 7.45. The number of rotatable bonds is 3. The number of carbonyl (C=O) groups excluding carboxylic acids is 1. The third kappa shape index (κ3) is 1.99. The molecule has 0 radical (unpaired) electrons. The van der Waals surface area contributed by atoms with Crippen LogP contribution < -0.4 is 0 Å². The van der Waals surface area contributed by atoms with Crippen LogP contribution in [0.1, 0.15) is 11.5 Å². The fraction of sp³-hybridized carbons (Fsp3) is 0.364. The Labute approximate surface area is 99.3 Å². The van der Waals surface area contributed by atoms with E-state index in [1.807, 2.05) is 0 Å². The quantitative estimate of drug-likeness (QED) is 0.775. The molecule has 1 fully saturated rings. The van der Waals surface area contributed by atoms with Gasteiger partial charge in [-0.1, -0.05) is 23.7 Å². The number of benzene rings is 1. The lowest BCUT2D eigenvalue weighted by Crippen LogP contribution is -2.07. The average Bonchev–Trinajstić information content (AvgIpc) is 2.92. The van der Waals surface area contributed by atoms with Gasteiger partial charge >= 0.3 is 0 Å². The van der Waals surface area contributed by atoms with Crippen molar-refractivity contribution in [2.75, 3.05) is 6.26 Å². The van der Waals surface area contributed by atoms with E-state index in [-0.39, 0.29) is 5.92 Å². The second kappa shape index (κ2) is 3.86. The molecule has 0 N–H and O–H groups in total. The smallest absolute Gasteiger partial charge is 0.151 e. The Kier molecular flexibility index (Phi) is 2.80. The van der Waals surface area contributed by atoms with Crippen LogP contribution in [0.3, 0.4) is 0 Å². The lowest BCUT2D eigenvalue weighted by atomic mass is 10.1. The molecule has 0 aliphatic heterocycles. The van der Waals surface area contributed by atoms with Crippen molar-refractivity contribution in [3.05, 3.63) is 34.9 Å². The molecule has 5 heteroatoms. The highest BCUT2D eigenvalue weighted by atomic mass is 35.5. The van der Waals surface area contributed by atoms with E-state index in [1.54, 1.807) is 24.3 Å². The van der Waals surface area contributed by atoms with Gasteiger partial charge in [0.2, 0.25) is 0 Å². The summed E-state index contributed by atoms with van der Waals surface area (Å²) in [5.74, 6) is -0.610. The molecule has 0 spiro atoms. The molecule has 0 aromatic heterocycles. The fourth-order valence-corrected chi connectivity index (χ4v) is 3.83. The van der Waals surface area contributed by atoms with Crippen LogP contribution in [0.15, 0.2) is 24.3 Å². The van der Waals surface area contributed by atoms with Crippen LogP contribution in [0, 0.1) is 5.92 Å². The van der Waals surface area contributed by atoms with Crippen molar-refractivity contribution in [2.24, 2.45) is 5.92 Å². The number of hydrogen-bond donors (Lipinski definition) is 0. The van der Waals surface area contributed by atoms with E-state index in [1.165, 1.54) is 6.26 Å². The summed E-state index contributed by atoms with van der Waals surface area (Å²) in [6.45, 7) is 0. The van der Waals surface area contributed by atoms with E-state index in [2.05, 4.69) is 0 Å². The minimum Gasteiger partial charge on any atom is -0.303 e. The molecular weight excluding hydrogens is 248 g/mol. The monoisotopic (exact) mass is 258 g/mol. The molecule has 0 amide bonds. The van der Waals surface area contributed by atoms with Crippen molar-refractivity contribution in [1.29, 1.82) is 0 Å². The van der Waals surface area contributed by atoms with E-state index in [9.17, 15) is 13.2 Å². The van der Waals surface area contributed by atoms with Crippen LogP contribution >= 0.6 is 11.6 Å². The minimum absolute atomic E-state index is 0.204. The number of halogens is 1. The molecule has 2 rings (SSSR count). The van der Waals surface area contributed by atoms with E-state index >= 15 is 0 Å². The predicted molar refractivity (Wildman–Crippen MR) is 62.4 cm³/mol. The van der Waals surface area contributed by atoms with E-state index in [0.29, 0.717) is 5.02 Å². The maximum atomic E-state index is 11.4. The summed E-state index contributed by atoms with van der Waals surface area (Å²) in [5, 5.41) is 0.0362. The van der Waals surface area contributed by atoms with Crippen LogP contribution in [0.5, 0.6) is 0 Å². The molecule has 0 unspecified atom stereocenters. The third-order valence-electron chi connectivity index (χ3n) is 2.91. The summed E-state index contributed by atoms with van der Waals surface area (Å²) >= 11 is 5.75. The Balaban J connectivity index is 2.30. The second-order valence-corrected chi connectivity index (χ2v) is 6.72. The molecule has 0 bridgehead atoms. The fourth-order valence-electron chi connectivity index (χ4n) is 2.12. The molecule has 3 atom stereocenters. The zero-order valence-electron chi connectivity index (χ0n) is 8.63. The summed E-state index contributed by atoms with van der Waals surface area (Å²) in [6.07, 6.45) is 1.90. The lowest BCUT2D eigenvalue weighted by molar-refractivity contribution is -0.108. The van der Waals surface area contributed by atoms with Crippen LogP contribution in [-0.4, -0.2) is 26.2 Å². The van der Waals surface area contributed by atoms with Crippen LogP contribution in [-0.2, 0) is 14.6 Å². The Morgan fingerprint density at radius 3 is 2.19 bits per heavy atom. The minimum atomic E-state index is -3.16. The average molecular weight is 259 g/mol. The molecule has 1 aromatic carbocycles. The molecule has 86 valence electrons. The van der Waals surface area contributed by atoms with E-state index in [0.717, 1.165) is 11.8 Å². The first kappa shape index (κ1) is 11.6. The van der Waals surface area contributed by atoms with Gasteiger partial charge in [0.05, 0.1) is 5.25 Å². The highest BCUT2D eigenvalue weighted by Crippen LogP contribution is 2.50. The van der Waals surface area contributed by atoms with Gasteiger partial charge in [0.1, 0.15) is 6.29 Å². The largest absolute Gasteiger partial charge is 0.303 e. The Hall–Kier alpha value is -0.870. The highest BCUT2D eigenvalue weighted by Gasteiger charge is 2.57. The molecule has 1 aliphatic carbocycles. The van der Waals surface area contributed by atoms with Crippen LogP contribution in [0.25, 0.3) is 0 Å². The van der Waals surface area contributed by atoms with Crippen LogP contribution in [0.2, 0.25) is 5.02 Å². The third-order valence-corrected chi connectivity index (χ3v) is 4.76. The summed E-state index contributed by atoms with van der Waals surface area (Å²) < 4.78 is 22.9. The van der Waals surface area contributed by atoms with Crippen molar-refractivity contribution >= 4 is 27.7 Å². The van der Waals surface area contributed by atoms with Gasteiger partial charge in [0, 0.05) is 23.1 Å². The van der Waals surface area contributed by atoms with Gasteiger partial charge in [0.15, 0.2) is 9.84 Å². The Morgan fingerprint density at radius 2 is 1.81 bits per heavy atom. The van der Waals surface area contributed by atoms with Crippen molar-refractivity contribution < 1.29 is 13.2 Å². The highest BCUT2D eigenvalue weighted by molar-refractivity contribution is 7.91. The van der Waals surface area contributed by atoms with Gasteiger partial charge in [-0.05, 0) is 17.7 Å². The Morgan fingerprint density at radius 1 is 1.25 bits per heavy atom. The molecule has 1 aromatic rings. The predicted octanol–water partition coefficient (Wildman–Crippen LogP) is 1.67. The van der Waals surface area contributed by atoms with Crippen molar-refractivity contribution in [2.45, 2.75) is 11.2 Å². The maximum absolute atomic E-state index is 11.4. The molecule has 1 saturated carbocycles. The topological polar surface area (TPSA) is 51.2 Å². The molecule has 3 nitrogen and oxygen atoms in total. The van der Waals surface area contributed by atoms with Crippen molar-refractivity contribution in [1.82, 2.24) is 0 Å². The van der Waals surface area contributed by atoms with Gasteiger partial charge < -0.3 is 4.79 Å². The van der Waals surface area contributed by atoms with E-state index in [4.69, 9.17) is 11.6 Å². The molecule has 16 heavy (non-hydrogen) atoms. The summed E-state index contributed by atoms with van der Waals surface area (Å²) in [5.41, 5.74) is 0.858. The lowest BCUT2D eigenvalue weighted by Gasteiger charge is -1.98. The number of aldehydes is 1. The molecule has 0 heterocycles. The zero-order chi connectivity index (χ0) is 11.9. The second-order valence-electron chi connectivity index (χ2n) is 4.08. The molecule has 0 saturated heterocycles. The molecular formula is C11H11ClO3S. The number of carbonyl (C=O) groups is 1. The SMILES string of the molecule is CS(=O)(=O)[C@@H]1[C@H](C=O)[C@@H]1c1ccc(Cl)cc1. The van der Waals surface area contributed by atoms with Gasteiger partial charge in [-0.25, -0.2) is 8.42 Å². The van der Waals surface area contributed by atoms with Gasteiger partial charge in [-0.2, -0.15) is 0 Å². The number of sulfone groups is 1. The Bertz CT molecular complexity index is 507. The summed E-state index contributed by atoms with van der Waals surface area (Å²) in [4.78, 5) is 10.8. The van der Waals surface area contributed by atoms with Crippen molar-refractivity contribution in [3.63, 3.8) is 0 Å². The standard InChI is InChI=1S/C11H11ClO3S/c1-16(14,15)11-9(6-13)10(11)7-2-4-8(12)5-3-7/h2-6,9-11H,1H3/t9-,10+,11-/m1/s1. The normalized spacial score (nSPS) is 28.8. The maximum Gasteiger partial charge on any atom is 0.151 e. The van der Waals surface area contributed by atoms with Gasteiger partial charge in [-0.15, -0.1) is 0 Å². The first-order valence-corrected chi connectivity index (χ1v) is 7.18. The summed E-state index contributed by atoms with van der Waals surface area (Å²) in [6, 6.07) is 6.95.